The Hall–Kier alpha value is -2.63. The molecule has 1 aromatic rings. The van der Waals surface area contributed by atoms with Gasteiger partial charge in [-0.3, -0.25) is 9.59 Å². The van der Waals surface area contributed by atoms with Crippen LogP contribution in [0.1, 0.15) is 25.7 Å². The molecule has 1 fully saturated rings. The molecule has 0 bridgehead atoms. The fraction of sp³-hybridized carbons (Fsp3) is 0.421. The van der Waals surface area contributed by atoms with Gasteiger partial charge in [-0.05, 0) is 37.8 Å². The number of hydrogen-bond donors (Lipinski definition) is 0. The van der Waals surface area contributed by atoms with Crippen molar-refractivity contribution in [3.8, 4) is 5.75 Å². The number of ether oxygens (including phenoxy) is 3. The summed E-state index contributed by atoms with van der Waals surface area (Å²) in [7, 11) is 0. The summed E-state index contributed by atoms with van der Waals surface area (Å²) >= 11 is 0. The summed E-state index contributed by atoms with van der Waals surface area (Å²) in [5.41, 5.74) is 0. The molecule has 6 heteroatoms. The van der Waals surface area contributed by atoms with Crippen molar-refractivity contribution in [3.05, 3.63) is 43.0 Å². The number of esters is 3. The summed E-state index contributed by atoms with van der Waals surface area (Å²) in [6.07, 6.45) is 3.41. The van der Waals surface area contributed by atoms with Crippen molar-refractivity contribution in [2.45, 2.75) is 25.7 Å². The molecule has 2 rings (SSSR count). The van der Waals surface area contributed by atoms with E-state index in [-0.39, 0.29) is 37.0 Å². The predicted molar refractivity (Wildman–Crippen MR) is 89.6 cm³/mol. The smallest absolute Gasteiger partial charge is 0.330 e. The van der Waals surface area contributed by atoms with Gasteiger partial charge in [0.05, 0.1) is 11.8 Å². The van der Waals surface area contributed by atoms with Crippen LogP contribution in [0.4, 0.5) is 0 Å². The Labute approximate surface area is 146 Å². The Morgan fingerprint density at radius 2 is 1.48 bits per heavy atom. The maximum Gasteiger partial charge on any atom is 0.330 e. The average molecular weight is 346 g/mol. The van der Waals surface area contributed by atoms with Crippen molar-refractivity contribution >= 4 is 17.9 Å². The van der Waals surface area contributed by atoms with Crippen molar-refractivity contribution in [1.82, 2.24) is 0 Å². The maximum absolute atomic E-state index is 12.2. The lowest BCUT2D eigenvalue weighted by Gasteiger charge is -2.25. The lowest BCUT2D eigenvalue weighted by molar-refractivity contribution is -0.155. The molecule has 0 amide bonds. The van der Waals surface area contributed by atoms with E-state index in [1.165, 1.54) is 0 Å². The van der Waals surface area contributed by atoms with Gasteiger partial charge in [-0.25, -0.2) is 4.79 Å². The van der Waals surface area contributed by atoms with E-state index in [1.54, 1.807) is 12.1 Å². The minimum absolute atomic E-state index is 0.00927. The van der Waals surface area contributed by atoms with E-state index in [2.05, 4.69) is 6.58 Å². The molecule has 1 aliphatic carbocycles. The van der Waals surface area contributed by atoms with Gasteiger partial charge in [-0.15, -0.1) is 0 Å². The second-order valence-corrected chi connectivity index (χ2v) is 5.82. The van der Waals surface area contributed by atoms with Crippen LogP contribution in [-0.4, -0.2) is 31.1 Å². The summed E-state index contributed by atoms with van der Waals surface area (Å²) < 4.78 is 15.2. The third-order valence-electron chi connectivity index (χ3n) is 4.09. The lowest BCUT2D eigenvalue weighted by Crippen LogP contribution is -2.30. The van der Waals surface area contributed by atoms with Crippen LogP contribution in [0, 0.1) is 11.8 Å². The fourth-order valence-electron chi connectivity index (χ4n) is 2.71. The summed E-state index contributed by atoms with van der Waals surface area (Å²) in [5.74, 6) is -1.01. The minimum atomic E-state index is -0.548. The molecule has 0 aromatic heterocycles. The molecule has 0 aliphatic heterocycles. The quantitative estimate of drug-likeness (QED) is 0.327. The SMILES string of the molecule is C=CC(=O)OCCOC(=O)C1CCC(C(=O)Oc2ccccc2)CC1. The van der Waals surface area contributed by atoms with Crippen molar-refractivity contribution in [1.29, 1.82) is 0 Å². The van der Waals surface area contributed by atoms with Crippen molar-refractivity contribution in [2.24, 2.45) is 11.8 Å². The number of carbonyl (C=O) groups excluding carboxylic acids is 3. The highest BCUT2D eigenvalue weighted by molar-refractivity contribution is 5.81. The molecule has 25 heavy (non-hydrogen) atoms. The Kier molecular flexibility index (Phi) is 7.19. The van der Waals surface area contributed by atoms with Gasteiger partial charge >= 0.3 is 17.9 Å². The van der Waals surface area contributed by atoms with Crippen molar-refractivity contribution in [3.63, 3.8) is 0 Å². The zero-order chi connectivity index (χ0) is 18.1. The third kappa shape index (κ3) is 6.06. The Morgan fingerprint density at radius 1 is 0.920 bits per heavy atom. The predicted octanol–water partition coefficient (Wildman–Crippen LogP) is 2.67. The molecule has 1 aliphatic rings. The average Bonchev–Trinajstić information content (AvgIpc) is 2.65. The van der Waals surface area contributed by atoms with Gasteiger partial charge in [-0.1, -0.05) is 24.8 Å². The van der Waals surface area contributed by atoms with E-state index in [1.807, 2.05) is 18.2 Å². The highest BCUT2D eigenvalue weighted by Crippen LogP contribution is 2.30. The molecule has 134 valence electrons. The molecule has 1 saturated carbocycles. The van der Waals surface area contributed by atoms with Gasteiger partial charge in [-0.2, -0.15) is 0 Å². The highest BCUT2D eigenvalue weighted by Gasteiger charge is 2.31. The van der Waals surface area contributed by atoms with Crippen LogP contribution in [0.15, 0.2) is 43.0 Å². The molecule has 0 N–H and O–H groups in total. The topological polar surface area (TPSA) is 78.9 Å². The standard InChI is InChI=1S/C19H22O6/c1-2-17(20)23-12-13-24-18(21)14-8-10-15(11-9-14)19(22)25-16-6-4-3-5-7-16/h2-7,14-15H,1,8-13H2. The molecular formula is C19H22O6. The first-order chi connectivity index (χ1) is 12.1. The molecule has 1 aromatic carbocycles. The minimum Gasteiger partial charge on any atom is -0.462 e. The zero-order valence-corrected chi connectivity index (χ0v) is 14.0. The number of carbonyl (C=O) groups is 3. The normalized spacial score (nSPS) is 19.5. The lowest BCUT2D eigenvalue weighted by atomic mass is 9.82. The summed E-state index contributed by atoms with van der Waals surface area (Å²) in [6.45, 7) is 3.31. The van der Waals surface area contributed by atoms with Crippen LogP contribution in [0.5, 0.6) is 5.75 Å². The molecule has 0 radical (unpaired) electrons. The summed E-state index contributed by atoms with van der Waals surface area (Å²) in [4.78, 5) is 35.0. The first-order valence-electron chi connectivity index (χ1n) is 8.32. The summed E-state index contributed by atoms with van der Waals surface area (Å²) in [6, 6.07) is 8.94. The first kappa shape index (κ1) is 18.7. The van der Waals surface area contributed by atoms with Gasteiger partial charge in [0.1, 0.15) is 19.0 Å². The van der Waals surface area contributed by atoms with Gasteiger partial charge in [0.2, 0.25) is 0 Å². The van der Waals surface area contributed by atoms with E-state index in [0.717, 1.165) is 6.08 Å². The second-order valence-electron chi connectivity index (χ2n) is 5.82. The third-order valence-corrected chi connectivity index (χ3v) is 4.09. The molecular weight excluding hydrogens is 324 g/mol. The molecule has 0 atom stereocenters. The molecule has 0 spiro atoms. The monoisotopic (exact) mass is 346 g/mol. The molecule has 0 unspecified atom stereocenters. The van der Waals surface area contributed by atoms with Crippen LogP contribution in [0.2, 0.25) is 0 Å². The van der Waals surface area contributed by atoms with Crippen LogP contribution in [-0.2, 0) is 23.9 Å². The van der Waals surface area contributed by atoms with E-state index < -0.39 is 5.97 Å². The number of hydrogen-bond acceptors (Lipinski definition) is 6. The molecule has 0 heterocycles. The first-order valence-corrected chi connectivity index (χ1v) is 8.32. The van der Waals surface area contributed by atoms with E-state index in [4.69, 9.17) is 14.2 Å². The largest absolute Gasteiger partial charge is 0.462 e. The fourth-order valence-corrected chi connectivity index (χ4v) is 2.71. The van der Waals surface area contributed by atoms with E-state index >= 15 is 0 Å². The van der Waals surface area contributed by atoms with Crippen LogP contribution in [0.3, 0.4) is 0 Å². The van der Waals surface area contributed by atoms with Gasteiger partial charge in [0.15, 0.2) is 0 Å². The van der Waals surface area contributed by atoms with Crippen LogP contribution < -0.4 is 4.74 Å². The highest BCUT2D eigenvalue weighted by atomic mass is 16.6. The van der Waals surface area contributed by atoms with Gasteiger partial charge < -0.3 is 14.2 Å². The van der Waals surface area contributed by atoms with Gasteiger partial charge in [0.25, 0.3) is 0 Å². The Morgan fingerprint density at radius 3 is 2.08 bits per heavy atom. The number of para-hydroxylation sites is 1. The van der Waals surface area contributed by atoms with Gasteiger partial charge in [0, 0.05) is 6.08 Å². The summed E-state index contributed by atoms with van der Waals surface area (Å²) in [5, 5.41) is 0. The number of rotatable bonds is 7. The maximum atomic E-state index is 12.2. The van der Waals surface area contributed by atoms with E-state index in [9.17, 15) is 14.4 Å². The second kappa shape index (κ2) is 9.61. The molecule has 6 nitrogen and oxygen atoms in total. The van der Waals surface area contributed by atoms with Crippen molar-refractivity contribution in [2.75, 3.05) is 13.2 Å². The number of benzene rings is 1. The van der Waals surface area contributed by atoms with E-state index in [0.29, 0.717) is 31.4 Å². The Balaban J connectivity index is 1.68. The zero-order valence-electron chi connectivity index (χ0n) is 14.0. The van der Waals surface area contributed by atoms with Crippen LogP contribution in [0.25, 0.3) is 0 Å². The van der Waals surface area contributed by atoms with Crippen molar-refractivity contribution < 1.29 is 28.6 Å². The Bertz CT molecular complexity index is 602. The van der Waals surface area contributed by atoms with Crippen LogP contribution >= 0.6 is 0 Å². The molecule has 0 saturated heterocycles.